The second-order valence-electron chi connectivity index (χ2n) is 6.91. The fourth-order valence-electron chi connectivity index (χ4n) is 2.85. The number of hydrogen-bond donors (Lipinski definition) is 0. The molecule has 0 bridgehead atoms. The Hall–Kier alpha value is -2.30. The lowest BCUT2D eigenvalue weighted by atomic mass is 10.1. The van der Waals surface area contributed by atoms with Crippen LogP contribution < -0.4 is 4.90 Å². The van der Waals surface area contributed by atoms with Gasteiger partial charge in [-0.1, -0.05) is 0 Å². The number of piperidine rings is 1. The largest absolute Gasteiger partial charge is 0.443 e. The zero-order valence-corrected chi connectivity index (χ0v) is 13.8. The van der Waals surface area contributed by atoms with Gasteiger partial charge in [0.1, 0.15) is 5.60 Å². The van der Waals surface area contributed by atoms with Gasteiger partial charge in [0.05, 0.1) is 5.52 Å². The minimum Gasteiger partial charge on any atom is -0.443 e. The Morgan fingerprint density at radius 2 is 1.96 bits per heavy atom. The summed E-state index contributed by atoms with van der Waals surface area (Å²) in [5.41, 5.74) is 1.14. The zero-order chi connectivity index (χ0) is 16.6. The van der Waals surface area contributed by atoms with E-state index >= 15 is 0 Å². The molecule has 23 heavy (non-hydrogen) atoms. The summed E-state index contributed by atoms with van der Waals surface area (Å²) in [7, 11) is 0. The van der Waals surface area contributed by atoms with Gasteiger partial charge in [-0.25, -0.2) is 4.79 Å². The van der Waals surface area contributed by atoms with E-state index in [1.807, 2.05) is 49.9 Å². The molecule has 0 N–H and O–H groups in total. The molecule has 0 unspecified atom stereocenters. The molecule has 1 aliphatic rings. The number of benzene rings is 1. The van der Waals surface area contributed by atoms with Gasteiger partial charge in [0, 0.05) is 30.2 Å². The van der Waals surface area contributed by atoms with E-state index < -0.39 is 11.7 Å². The molecule has 5 nitrogen and oxygen atoms in total. The van der Waals surface area contributed by atoms with Crippen molar-refractivity contribution in [1.29, 1.82) is 0 Å². The molecule has 1 saturated heterocycles. The summed E-state index contributed by atoms with van der Waals surface area (Å²) in [6.45, 7) is 6.29. The Balaban J connectivity index is 1.91. The van der Waals surface area contributed by atoms with Gasteiger partial charge in [0.25, 0.3) is 0 Å². The van der Waals surface area contributed by atoms with Crippen LogP contribution in [0.1, 0.15) is 40.0 Å². The Morgan fingerprint density at radius 3 is 2.65 bits per heavy atom. The minimum atomic E-state index is -0.534. The van der Waals surface area contributed by atoms with Crippen molar-refractivity contribution >= 4 is 28.6 Å². The van der Waals surface area contributed by atoms with Crippen molar-refractivity contribution in [2.24, 2.45) is 0 Å². The van der Waals surface area contributed by atoms with E-state index in [9.17, 15) is 9.59 Å². The van der Waals surface area contributed by atoms with Gasteiger partial charge in [-0.05, 0) is 57.9 Å². The van der Waals surface area contributed by atoms with Crippen molar-refractivity contribution in [3.05, 3.63) is 30.5 Å². The lowest BCUT2D eigenvalue weighted by Crippen LogP contribution is -2.35. The van der Waals surface area contributed by atoms with Crippen LogP contribution in [0, 0.1) is 0 Å². The highest BCUT2D eigenvalue weighted by Gasteiger charge is 2.22. The molecule has 2 aromatic rings. The molecular weight excluding hydrogens is 292 g/mol. The topological polar surface area (TPSA) is 51.5 Å². The van der Waals surface area contributed by atoms with Crippen molar-refractivity contribution in [2.45, 2.75) is 45.6 Å². The lowest BCUT2D eigenvalue weighted by molar-refractivity contribution is -0.119. The maximum atomic E-state index is 12.3. The number of anilines is 1. The molecule has 5 heteroatoms. The number of amides is 1. The van der Waals surface area contributed by atoms with Gasteiger partial charge in [-0.2, -0.15) is 0 Å². The van der Waals surface area contributed by atoms with Gasteiger partial charge in [0.2, 0.25) is 5.91 Å². The van der Waals surface area contributed by atoms with E-state index in [4.69, 9.17) is 4.74 Å². The van der Waals surface area contributed by atoms with Gasteiger partial charge in [0.15, 0.2) is 0 Å². The average molecular weight is 314 g/mol. The maximum absolute atomic E-state index is 12.3. The zero-order valence-electron chi connectivity index (χ0n) is 13.8. The number of carbonyl (C=O) groups is 2. The van der Waals surface area contributed by atoms with Crippen LogP contribution in [0.2, 0.25) is 0 Å². The average Bonchev–Trinajstić information content (AvgIpc) is 2.89. The molecule has 1 fully saturated rings. The lowest BCUT2D eigenvalue weighted by Gasteiger charge is -2.26. The summed E-state index contributed by atoms with van der Waals surface area (Å²) in [5.74, 6) is 0.169. The molecule has 1 amide bonds. The first kappa shape index (κ1) is 15.6. The fraction of sp³-hybridized carbons (Fsp3) is 0.444. The summed E-state index contributed by atoms with van der Waals surface area (Å²) in [5, 5.41) is 0.923. The molecule has 122 valence electrons. The number of rotatable bonds is 1. The summed E-state index contributed by atoms with van der Waals surface area (Å²) in [6.07, 6.45) is 3.92. The number of hydrogen-bond acceptors (Lipinski definition) is 3. The van der Waals surface area contributed by atoms with Gasteiger partial charge >= 0.3 is 6.09 Å². The van der Waals surface area contributed by atoms with Crippen LogP contribution in [0.25, 0.3) is 10.9 Å². The summed E-state index contributed by atoms with van der Waals surface area (Å²) >= 11 is 0. The highest BCUT2D eigenvalue weighted by molar-refractivity contribution is 5.97. The summed E-state index contributed by atoms with van der Waals surface area (Å²) in [4.78, 5) is 26.1. The third-order valence-corrected chi connectivity index (χ3v) is 3.90. The van der Waals surface area contributed by atoms with Crippen LogP contribution in [-0.4, -0.2) is 28.7 Å². The van der Waals surface area contributed by atoms with E-state index in [-0.39, 0.29) is 5.91 Å². The molecule has 0 radical (unpaired) electrons. The van der Waals surface area contributed by atoms with Crippen LogP contribution in [0.3, 0.4) is 0 Å². The van der Waals surface area contributed by atoms with E-state index in [1.54, 1.807) is 6.20 Å². The summed E-state index contributed by atoms with van der Waals surface area (Å²) in [6, 6.07) is 7.60. The first-order chi connectivity index (χ1) is 10.8. The van der Waals surface area contributed by atoms with E-state index in [0.29, 0.717) is 6.42 Å². The first-order valence-corrected chi connectivity index (χ1v) is 8.00. The standard InChI is InChI=1S/C18H22N2O3/c1-18(2,3)23-17(22)20-11-9-13-12-14(7-8-15(13)20)19-10-5-4-6-16(19)21/h7-9,11-12H,4-6,10H2,1-3H3. The molecule has 2 heterocycles. The van der Waals surface area contributed by atoms with Crippen molar-refractivity contribution in [1.82, 2.24) is 4.57 Å². The van der Waals surface area contributed by atoms with E-state index in [2.05, 4.69) is 0 Å². The van der Waals surface area contributed by atoms with Gasteiger partial charge in [-0.3, -0.25) is 9.36 Å². The van der Waals surface area contributed by atoms with E-state index in [0.717, 1.165) is 36.0 Å². The van der Waals surface area contributed by atoms with Crippen LogP contribution in [0.4, 0.5) is 10.5 Å². The Morgan fingerprint density at radius 1 is 1.17 bits per heavy atom. The van der Waals surface area contributed by atoms with Crippen LogP contribution in [0.15, 0.2) is 30.5 Å². The SMILES string of the molecule is CC(C)(C)OC(=O)n1ccc2cc(N3CCCCC3=O)ccc21. The molecule has 0 spiro atoms. The maximum Gasteiger partial charge on any atom is 0.418 e. The molecule has 0 aliphatic carbocycles. The van der Waals surface area contributed by atoms with Crippen LogP contribution >= 0.6 is 0 Å². The monoisotopic (exact) mass is 314 g/mol. The molecule has 0 saturated carbocycles. The van der Waals surface area contributed by atoms with Crippen molar-refractivity contribution < 1.29 is 14.3 Å². The van der Waals surface area contributed by atoms with Gasteiger partial charge in [-0.15, -0.1) is 0 Å². The first-order valence-electron chi connectivity index (χ1n) is 8.00. The summed E-state index contributed by atoms with van der Waals surface area (Å²) < 4.78 is 6.92. The highest BCUT2D eigenvalue weighted by Crippen LogP contribution is 2.26. The minimum absolute atomic E-state index is 0.169. The molecule has 3 rings (SSSR count). The second kappa shape index (κ2) is 5.72. The highest BCUT2D eigenvalue weighted by atomic mass is 16.6. The van der Waals surface area contributed by atoms with Crippen molar-refractivity contribution in [2.75, 3.05) is 11.4 Å². The molecule has 1 aromatic carbocycles. The predicted molar refractivity (Wildman–Crippen MR) is 89.8 cm³/mol. The Kier molecular flexibility index (Phi) is 3.88. The Labute approximate surface area is 135 Å². The second-order valence-corrected chi connectivity index (χ2v) is 6.91. The molecular formula is C18H22N2O3. The number of carbonyl (C=O) groups excluding carboxylic acids is 2. The van der Waals surface area contributed by atoms with Crippen molar-refractivity contribution in [3.63, 3.8) is 0 Å². The van der Waals surface area contributed by atoms with Crippen LogP contribution in [-0.2, 0) is 9.53 Å². The third kappa shape index (κ3) is 3.23. The molecule has 1 aliphatic heterocycles. The molecule has 1 aromatic heterocycles. The third-order valence-electron chi connectivity index (χ3n) is 3.90. The number of ether oxygens (including phenoxy) is 1. The smallest absolute Gasteiger partial charge is 0.418 e. The normalized spacial score (nSPS) is 16.0. The fourth-order valence-corrected chi connectivity index (χ4v) is 2.85. The van der Waals surface area contributed by atoms with Crippen LogP contribution in [0.5, 0.6) is 0 Å². The number of aromatic nitrogens is 1. The predicted octanol–water partition coefficient (Wildman–Crippen LogP) is 3.94. The van der Waals surface area contributed by atoms with Gasteiger partial charge < -0.3 is 9.64 Å². The van der Waals surface area contributed by atoms with E-state index in [1.165, 1.54) is 4.57 Å². The molecule has 0 atom stereocenters. The quantitative estimate of drug-likeness (QED) is 0.801. The Bertz CT molecular complexity index is 755. The van der Waals surface area contributed by atoms with Crippen molar-refractivity contribution in [3.8, 4) is 0 Å². The number of fused-ring (bicyclic) bond motifs is 1. The number of nitrogens with zero attached hydrogens (tertiary/aromatic N) is 2.